The molecule has 0 unspecified atom stereocenters. The molecule has 0 bridgehead atoms. The van der Waals surface area contributed by atoms with Gasteiger partial charge in [-0.15, -0.1) is 0 Å². The molecule has 0 spiro atoms. The number of rotatable bonds is 3. The van der Waals surface area contributed by atoms with Crippen LogP contribution in [-0.2, 0) is 6.54 Å². The molecule has 1 aliphatic rings. The summed E-state index contributed by atoms with van der Waals surface area (Å²) in [6.07, 6.45) is 0. The van der Waals surface area contributed by atoms with E-state index in [4.69, 9.17) is 0 Å². The van der Waals surface area contributed by atoms with Crippen molar-refractivity contribution in [2.24, 2.45) is 0 Å². The number of nitrogens with zero attached hydrogens (tertiary/aromatic N) is 2. The van der Waals surface area contributed by atoms with Crippen LogP contribution in [0, 0.1) is 15.9 Å². The van der Waals surface area contributed by atoms with Gasteiger partial charge in [0.25, 0.3) is 17.5 Å². The second kappa shape index (κ2) is 5.54. The Hall–Kier alpha value is -2.61. The van der Waals surface area contributed by atoms with Crippen molar-refractivity contribution in [3.63, 3.8) is 0 Å². The van der Waals surface area contributed by atoms with E-state index in [0.29, 0.717) is 4.47 Å². The van der Waals surface area contributed by atoms with Crippen molar-refractivity contribution in [3.05, 3.63) is 73.5 Å². The molecule has 0 atom stereocenters. The largest absolute Gasteiger partial charge is 0.270 e. The van der Waals surface area contributed by atoms with Gasteiger partial charge in [-0.3, -0.25) is 24.6 Å². The van der Waals surface area contributed by atoms with E-state index < -0.39 is 22.6 Å². The van der Waals surface area contributed by atoms with E-state index in [2.05, 4.69) is 15.9 Å². The van der Waals surface area contributed by atoms with Crippen LogP contribution in [-0.4, -0.2) is 21.6 Å². The maximum atomic E-state index is 13.8. The molecule has 116 valence electrons. The standard InChI is InChI=1S/C15H8BrFN2O4/c16-9-1-4-13(17)8(5-9)7-18-14(20)11-3-2-10(19(22)23)6-12(11)15(18)21/h1-6H,7H2. The average molecular weight is 379 g/mol. The lowest BCUT2D eigenvalue weighted by Gasteiger charge is -2.14. The average Bonchev–Trinajstić information content (AvgIpc) is 2.75. The van der Waals surface area contributed by atoms with E-state index in [1.54, 1.807) is 0 Å². The van der Waals surface area contributed by atoms with Crippen molar-refractivity contribution in [1.29, 1.82) is 0 Å². The number of nitro groups is 1. The minimum absolute atomic E-state index is 0.0420. The lowest BCUT2D eigenvalue weighted by molar-refractivity contribution is -0.384. The van der Waals surface area contributed by atoms with Gasteiger partial charge in [-0.05, 0) is 24.3 Å². The van der Waals surface area contributed by atoms with Crippen LogP contribution < -0.4 is 0 Å². The number of amides is 2. The lowest BCUT2D eigenvalue weighted by Crippen LogP contribution is -2.29. The maximum Gasteiger partial charge on any atom is 0.270 e. The van der Waals surface area contributed by atoms with Crippen LogP contribution in [0.5, 0.6) is 0 Å². The van der Waals surface area contributed by atoms with E-state index in [9.17, 15) is 24.1 Å². The Kier molecular flexibility index (Phi) is 3.69. The third-order valence-corrected chi connectivity index (χ3v) is 3.99. The Labute approximate surface area is 137 Å². The molecule has 2 aromatic rings. The van der Waals surface area contributed by atoms with Crippen molar-refractivity contribution < 1.29 is 18.9 Å². The molecule has 0 saturated carbocycles. The molecule has 8 heteroatoms. The summed E-state index contributed by atoms with van der Waals surface area (Å²) < 4.78 is 14.4. The van der Waals surface area contributed by atoms with E-state index in [-0.39, 0.29) is 28.9 Å². The van der Waals surface area contributed by atoms with E-state index >= 15 is 0 Å². The van der Waals surface area contributed by atoms with Gasteiger partial charge in [0.2, 0.25) is 0 Å². The molecule has 23 heavy (non-hydrogen) atoms. The number of nitro benzene ring substituents is 1. The number of hydrogen-bond acceptors (Lipinski definition) is 4. The third-order valence-electron chi connectivity index (χ3n) is 3.50. The highest BCUT2D eigenvalue weighted by Crippen LogP contribution is 2.28. The van der Waals surface area contributed by atoms with Crippen molar-refractivity contribution in [2.75, 3.05) is 0 Å². The zero-order valence-electron chi connectivity index (χ0n) is 11.5. The Balaban J connectivity index is 1.97. The molecule has 6 nitrogen and oxygen atoms in total. The van der Waals surface area contributed by atoms with Gasteiger partial charge in [0.1, 0.15) is 5.82 Å². The first-order chi connectivity index (χ1) is 10.9. The molecule has 0 fully saturated rings. The van der Waals surface area contributed by atoms with Gasteiger partial charge in [-0.2, -0.15) is 0 Å². The normalized spacial score (nSPS) is 13.4. The summed E-state index contributed by atoms with van der Waals surface area (Å²) in [5.41, 5.74) is -0.0700. The molecule has 0 radical (unpaired) electrons. The summed E-state index contributed by atoms with van der Waals surface area (Å²) in [5, 5.41) is 10.8. The minimum Gasteiger partial charge on any atom is -0.270 e. The van der Waals surface area contributed by atoms with Gasteiger partial charge >= 0.3 is 0 Å². The number of non-ortho nitro benzene ring substituents is 1. The van der Waals surface area contributed by atoms with E-state index in [1.165, 1.54) is 24.3 Å². The van der Waals surface area contributed by atoms with Gasteiger partial charge in [0, 0.05) is 22.2 Å². The second-order valence-corrected chi connectivity index (χ2v) is 5.83. The predicted molar refractivity (Wildman–Crippen MR) is 81.4 cm³/mol. The van der Waals surface area contributed by atoms with Gasteiger partial charge in [-0.25, -0.2) is 4.39 Å². The Morgan fingerprint density at radius 1 is 1.09 bits per heavy atom. The first-order valence-electron chi connectivity index (χ1n) is 6.47. The van der Waals surface area contributed by atoms with Crippen LogP contribution in [0.15, 0.2) is 40.9 Å². The molecule has 2 amide bonds. The number of benzene rings is 2. The molecule has 2 aromatic carbocycles. The minimum atomic E-state index is -0.673. The second-order valence-electron chi connectivity index (χ2n) is 4.92. The molecule has 0 aromatic heterocycles. The van der Waals surface area contributed by atoms with Crippen LogP contribution in [0.2, 0.25) is 0 Å². The highest BCUT2D eigenvalue weighted by atomic mass is 79.9. The van der Waals surface area contributed by atoms with E-state index in [1.807, 2.05) is 0 Å². The van der Waals surface area contributed by atoms with Crippen LogP contribution in [0.4, 0.5) is 10.1 Å². The number of halogens is 2. The third kappa shape index (κ3) is 2.61. The lowest BCUT2D eigenvalue weighted by atomic mass is 10.1. The molecule has 1 heterocycles. The van der Waals surface area contributed by atoms with Crippen LogP contribution in [0.1, 0.15) is 26.3 Å². The van der Waals surface area contributed by atoms with Gasteiger partial charge < -0.3 is 0 Å². The van der Waals surface area contributed by atoms with Gasteiger partial charge in [0.15, 0.2) is 0 Å². The summed E-state index contributed by atoms with van der Waals surface area (Å²) >= 11 is 3.20. The number of carbonyl (C=O) groups excluding carboxylic acids is 2. The predicted octanol–water partition coefficient (Wildman–Crippen LogP) is 3.29. The van der Waals surface area contributed by atoms with Crippen LogP contribution >= 0.6 is 15.9 Å². The van der Waals surface area contributed by atoms with Crippen molar-refractivity contribution in [1.82, 2.24) is 4.90 Å². The quantitative estimate of drug-likeness (QED) is 0.466. The SMILES string of the molecule is O=C1c2ccc([N+](=O)[O-])cc2C(=O)N1Cc1cc(Br)ccc1F. The molecule has 0 N–H and O–H groups in total. The molecular formula is C15H8BrFN2O4. The first-order valence-corrected chi connectivity index (χ1v) is 7.26. The highest BCUT2D eigenvalue weighted by molar-refractivity contribution is 9.10. The number of fused-ring (bicyclic) bond motifs is 1. The van der Waals surface area contributed by atoms with Crippen molar-refractivity contribution in [2.45, 2.75) is 6.54 Å². The summed E-state index contributed by atoms with van der Waals surface area (Å²) in [7, 11) is 0. The fourth-order valence-electron chi connectivity index (χ4n) is 2.37. The van der Waals surface area contributed by atoms with Gasteiger partial charge in [0.05, 0.1) is 22.6 Å². The molecule has 3 rings (SSSR count). The zero-order chi connectivity index (χ0) is 16.7. The topological polar surface area (TPSA) is 80.5 Å². The molecule has 1 aliphatic heterocycles. The molecule has 0 saturated heterocycles. The van der Waals surface area contributed by atoms with Crippen LogP contribution in [0.25, 0.3) is 0 Å². The summed E-state index contributed by atoms with van der Waals surface area (Å²) in [6, 6.07) is 7.67. The van der Waals surface area contributed by atoms with Gasteiger partial charge in [-0.1, -0.05) is 15.9 Å². The van der Waals surface area contributed by atoms with Crippen LogP contribution in [0.3, 0.4) is 0 Å². The maximum absolute atomic E-state index is 13.8. The fourth-order valence-corrected chi connectivity index (χ4v) is 2.78. The fraction of sp³-hybridized carbons (Fsp3) is 0.0667. The number of carbonyl (C=O) groups is 2. The Bertz CT molecular complexity index is 869. The first kappa shape index (κ1) is 15.3. The monoisotopic (exact) mass is 378 g/mol. The Morgan fingerprint density at radius 3 is 2.48 bits per heavy atom. The summed E-state index contributed by atoms with van der Waals surface area (Å²) in [6.45, 7) is -0.245. The smallest absolute Gasteiger partial charge is 0.270 e. The molecular weight excluding hydrogens is 371 g/mol. The highest BCUT2D eigenvalue weighted by Gasteiger charge is 2.37. The summed E-state index contributed by atoms with van der Waals surface area (Å²) in [5.74, 6) is -1.82. The summed E-state index contributed by atoms with van der Waals surface area (Å²) in [4.78, 5) is 35.6. The van der Waals surface area contributed by atoms with Crippen molar-refractivity contribution >= 4 is 33.4 Å². The van der Waals surface area contributed by atoms with Crippen molar-refractivity contribution in [3.8, 4) is 0 Å². The molecule has 0 aliphatic carbocycles. The zero-order valence-corrected chi connectivity index (χ0v) is 13.0. The van der Waals surface area contributed by atoms with E-state index in [0.717, 1.165) is 17.0 Å². The number of hydrogen-bond donors (Lipinski definition) is 0. The Morgan fingerprint density at radius 2 is 1.78 bits per heavy atom. The number of imide groups is 1.